The Labute approximate surface area is 73.3 Å². The van der Waals surface area contributed by atoms with Crippen molar-refractivity contribution < 1.29 is 4.79 Å². The van der Waals surface area contributed by atoms with Crippen molar-refractivity contribution in [1.82, 2.24) is 9.80 Å². The van der Waals surface area contributed by atoms with Gasteiger partial charge in [-0.2, -0.15) is 0 Å². The highest BCUT2D eigenvalue weighted by Crippen LogP contribution is 2.26. The molecule has 70 valence electrons. The molecule has 1 aliphatic carbocycles. The molecule has 2 amide bonds. The van der Waals surface area contributed by atoms with Gasteiger partial charge in [0.2, 0.25) is 0 Å². The van der Waals surface area contributed by atoms with E-state index >= 15 is 0 Å². The molecule has 1 fully saturated rings. The van der Waals surface area contributed by atoms with E-state index in [0.29, 0.717) is 6.04 Å². The number of amides is 2. The van der Waals surface area contributed by atoms with Crippen LogP contribution in [0.5, 0.6) is 0 Å². The lowest BCUT2D eigenvalue weighted by Gasteiger charge is -2.21. The lowest BCUT2D eigenvalue weighted by atomic mass is 10.4. The number of primary amides is 1. The van der Waals surface area contributed by atoms with Gasteiger partial charge >= 0.3 is 6.03 Å². The number of hydrogen-bond donors (Lipinski definition) is 1. The summed E-state index contributed by atoms with van der Waals surface area (Å²) in [6.07, 6.45) is 2.24. The molecular weight excluding hydrogens is 154 g/mol. The minimum atomic E-state index is -0.278. The summed E-state index contributed by atoms with van der Waals surface area (Å²) in [5.74, 6) is 0. The van der Waals surface area contributed by atoms with Gasteiger partial charge in [-0.05, 0) is 26.9 Å². The Morgan fingerprint density at radius 1 is 1.42 bits per heavy atom. The normalized spacial score (nSPS) is 16.6. The molecule has 1 rings (SSSR count). The van der Waals surface area contributed by atoms with Crippen LogP contribution < -0.4 is 5.73 Å². The third-order valence-corrected chi connectivity index (χ3v) is 2.06. The van der Waals surface area contributed by atoms with Crippen molar-refractivity contribution in [1.29, 1.82) is 0 Å². The highest BCUT2D eigenvalue weighted by molar-refractivity contribution is 5.72. The summed E-state index contributed by atoms with van der Waals surface area (Å²) in [6.45, 7) is 1.65. The third-order valence-electron chi connectivity index (χ3n) is 2.06. The molecule has 0 aliphatic heterocycles. The minimum absolute atomic E-state index is 0.278. The molecule has 0 saturated heterocycles. The monoisotopic (exact) mass is 171 g/mol. The Kier molecular flexibility index (Phi) is 2.92. The zero-order valence-electron chi connectivity index (χ0n) is 7.79. The van der Waals surface area contributed by atoms with Crippen molar-refractivity contribution >= 4 is 6.03 Å². The molecule has 0 atom stereocenters. The largest absolute Gasteiger partial charge is 0.351 e. The van der Waals surface area contributed by atoms with Crippen molar-refractivity contribution in [3.8, 4) is 0 Å². The Balaban J connectivity index is 2.28. The van der Waals surface area contributed by atoms with Crippen LogP contribution in [0.3, 0.4) is 0 Å². The Morgan fingerprint density at radius 2 is 2.00 bits per heavy atom. The molecule has 0 heterocycles. The second-order valence-electron chi connectivity index (χ2n) is 3.57. The number of nitrogens with zero attached hydrogens (tertiary/aromatic N) is 2. The Hall–Kier alpha value is -0.770. The van der Waals surface area contributed by atoms with Crippen molar-refractivity contribution in [2.24, 2.45) is 5.73 Å². The Morgan fingerprint density at radius 3 is 2.33 bits per heavy atom. The van der Waals surface area contributed by atoms with Crippen molar-refractivity contribution in [2.45, 2.75) is 18.9 Å². The number of hydrogen-bond acceptors (Lipinski definition) is 2. The van der Waals surface area contributed by atoms with Gasteiger partial charge in [-0.1, -0.05) is 0 Å². The van der Waals surface area contributed by atoms with Gasteiger partial charge in [0, 0.05) is 19.1 Å². The number of carbonyl (C=O) groups is 1. The van der Waals surface area contributed by atoms with Gasteiger partial charge in [0.15, 0.2) is 0 Å². The SMILES string of the molecule is CN(C)CCN(C(N)=O)C1CC1. The van der Waals surface area contributed by atoms with Gasteiger partial charge in [0.05, 0.1) is 0 Å². The molecule has 4 heteroatoms. The summed E-state index contributed by atoms with van der Waals surface area (Å²) in [5.41, 5.74) is 5.23. The van der Waals surface area contributed by atoms with E-state index in [9.17, 15) is 4.79 Å². The maximum atomic E-state index is 10.9. The van der Waals surface area contributed by atoms with Gasteiger partial charge in [-0.3, -0.25) is 0 Å². The number of carbonyl (C=O) groups excluding carboxylic acids is 1. The van der Waals surface area contributed by atoms with Crippen LogP contribution in [0.25, 0.3) is 0 Å². The lowest BCUT2D eigenvalue weighted by molar-refractivity contribution is 0.198. The van der Waals surface area contributed by atoms with E-state index in [2.05, 4.69) is 4.90 Å². The standard InChI is InChI=1S/C8H17N3O/c1-10(2)5-6-11(8(9)12)7-3-4-7/h7H,3-6H2,1-2H3,(H2,9,12). The highest BCUT2D eigenvalue weighted by atomic mass is 16.2. The molecule has 0 aromatic carbocycles. The summed E-state index contributed by atoms with van der Waals surface area (Å²) >= 11 is 0. The van der Waals surface area contributed by atoms with Gasteiger partial charge in [0.1, 0.15) is 0 Å². The summed E-state index contributed by atoms with van der Waals surface area (Å²) in [5, 5.41) is 0. The zero-order valence-corrected chi connectivity index (χ0v) is 7.79. The van der Waals surface area contributed by atoms with Crippen molar-refractivity contribution in [2.75, 3.05) is 27.2 Å². The van der Waals surface area contributed by atoms with Crippen molar-refractivity contribution in [3.05, 3.63) is 0 Å². The minimum Gasteiger partial charge on any atom is -0.351 e. The fourth-order valence-corrected chi connectivity index (χ4v) is 1.17. The molecule has 2 N–H and O–H groups in total. The van der Waals surface area contributed by atoms with Gasteiger partial charge < -0.3 is 15.5 Å². The van der Waals surface area contributed by atoms with E-state index in [1.54, 1.807) is 4.90 Å². The van der Waals surface area contributed by atoms with E-state index in [1.165, 1.54) is 0 Å². The third kappa shape index (κ3) is 2.70. The van der Waals surface area contributed by atoms with Crippen LogP contribution in [-0.2, 0) is 0 Å². The molecule has 1 aliphatic rings. The molecule has 0 aromatic heterocycles. The van der Waals surface area contributed by atoms with Crippen LogP contribution in [-0.4, -0.2) is 49.1 Å². The van der Waals surface area contributed by atoms with E-state index in [0.717, 1.165) is 25.9 Å². The number of urea groups is 1. The van der Waals surface area contributed by atoms with E-state index in [4.69, 9.17) is 5.73 Å². The summed E-state index contributed by atoms with van der Waals surface area (Å²) in [4.78, 5) is 14.7. The molecule has 0 radical (unpaired) electrons. The molecule has 0 unspecified atom stereocenters. The molecule has 0 bridgehead atoms. The molecule has 12 heavy (non-hydrogen) atoms. The van der Waals surface area contributed by atoms with Crippen LogP contribution in [0.15, 0.2) is 0 Å². The maximum Gasteiger partial charge on any atom is 0.315 e. The van der Waals surface area contributed by atoms with Gasteiger partial charge in [-0.15, -0.1) is 0 Å². The summed E-state index contributed by atoms with van der Waals surface area (Å²) < 4.78 is 0. The van der Waals surface area contributed by atoms with Crippen LogP contribution in [0.2, 0.25) is 0 Å². The smallest absolute Gasteiger partial charge is 0.315 e. The first-order valence-electron chi connectivity index (χ1n) is 4.32. The second kappa shape index (κ2) is 3.76. The Bertz CT molecular complexity index is 166. The first kappa shape index (κ1) is 9.32. The summed E-state index contributed by atoms with van der Waals surface area (Å²) in [6, 6.07) is 0.154. The average molecular weight is 171 g/mol. The molecule has 0 aromatic rings. The second-order valence-corrected chi connectivity index (χ2v) is 3.57. The molecular formula is C8H17N3O. The number of rotatable bonds is 4. The predicted octanol–water partition coefficient (Wildman–Crippen LogP) is 0.0911. The van der Waals surface area contributed by atoms with Crippen molar-refractivity contribution in [3.63, 3.8) is 0 Å². The first-order chi connectivity index (χ1) is 5.61. The van der Waals surface area contributed by atoms with E-state index in [1.807, 2.05) is 14.1 Å². The fourth-order valence-electron chi connectivity index (χ4n) is 1.17. The maximum absolute atomic E-state index is 10.9. The van der Waals surface area contributed by atoms with Crippen LogP contribution in [0.4, 0.5) is 4.79 Å². The predicted molar refractivity (Wildman–Crippen MR) is 47.9 cm³/mol. The molecule has 4 nitrogen and oxygen atoms in total. The van der Waals surface area contributed by atoms with E-state index < -0.39 is 0 Å². The van der Waals surface area contributed by atoms with Crippen LogP contribution in [0.1, 0.15) is 12.8 Å². The fraction of sp³-hybridized carbons (Fsp3) is 0.875. The lowest BCUT2D eigenvalue weighted by Crippen LogP contribution is -2.41. The van der Waals surface area contributed by atoms with Crippen LogP contribution >= 0.6 is 0 Å². The molecule has 0 spiro atoms. The topological polar surface area (TPSA) is 49.6 Å². The van der Waals surface area contributed by atoms with E-state index in [-0.39, 0.29) is 6.03 Å². The van der Waals surface area contributed by atoms with Gasteiger partial charge in [-0.25, -0.2) is 4.79 Å². The van der Waals surface area contributed by atoms with Gasteiger partial charge in [0.25, 0.3) is 0 Å². The quantitative estimate of drug-likeness (QED) is 0.651. The number of nitrogens with two attached hydrogens (primary N) is 1. The molecule has 1 saturated carbocycles. The first-order valence-corrected chi connectivity index (χ1v) is 4.32. The van der Waals surface area contributed by atoms with Crippen LogP contribution in [0, 0.1) is 0 Å². The highest BCUT2D eigenvalue weighted by Gasteiger charge is 2.30. The zero-order chi connectivity index (χ0) is 9.14. The summed E-state index contributed by atoms with van der Waals surface area (Å²) in [7, 11) is 3.98. The average Bonchev–Trinajstić information content (AvgIpc) is 2.69. The number of likely N-dealkylation sites (N-methyl/N-ethyl adjacent to an activating group) is 1.